The van der Waals surface area contributed by atoms with Crippen LogP contribution in [0.3, 0.4) is 0 Å². The third-order valence-electron chi connectivity index (χ3n) is 4.40. The minimum atomic E-state index is -4.82. The molecule has 1 amide bonds. The van der Waals surface area contributed by atoms with Crippen LogP contribution in [-0.2, 0) is 12.4 Å². The van der Waals surface area contributed by atoms with Crippen molar-refractivity contribution in [2.24, 2.45) is 0 Å². The van der Waals surface area contributed by atoms with Gasteiger partial charge in [-0.15, -0.1) is 0 Å². The van der Waals surface area contributed by atoms with Gasteiger partial charge in [0, 0.05) is 12.4 Å². The molecule has 11 heteroatoms. The first kappa shape index (κ1) is 22.7. The van der Waals surface area contributed by atoms with Crippen LogP contribution in [0.25, 0.3) is 0 Å². The van der Waals surface area contributed by atoms with E-state index in [1.165, 1.54) is 12.1 Å². The first-order valence-electron chi connectivity index (χ1n) is 8.87. The van der Waals surface area contributed by atoms with Crippen LogP contribution in [-0.4, -0.2) is 15.9 Å². The van der Waals surface area contributed by atoms with E-state index < -0.39 is 41.1 Å². The molecule has 0 aliphatic carbocycles. The number of nitrogens with zero attached hydrogens (tertiary/aromatic N) is 3. The fourth-order valence-electron chi connectivity index (χ4n) is 2.87. The number of hydrogen-bond acceptors (Lipinski definition) is 4. The molecule has 0 aliphatic rings. The average Bonchev–Trinajstić information content (AvgIpc) is 2.76. The summed E-state index contributed by atoms with van der Waals surface area (Å²) in [5.74, 6) is -0.856. The maximum Gasteiger partial charge on any atom is 0.418 e. The Bertz CT molecular complexity index is 1150. The normalized spacial score (nSPS) is 12.7. The minimum absolute atomic E-state index is 0.0184. The second-order valence-corrected chi connectivity index (χ2v) is 6.50. The molecule has 0 spiro atoms. The van der Waals surface area contributed by atoms with Crippen LogP contribution in [0.15, 0.2) is 60.9 Å². The van der Waals surface area contributed by atoms with Crippen molar-refractivity contribution in [1.82, 2.24) is 15.3 Å². The highest BCUT2D eigenvalue weighted by Gasteiger charge is 2.37. The maximum absolute atomic E-state index is 13.5. The Labute approximate surface area is 177 Å². The summed E-state index contributed by atoms with van der Waals surface area (Å²) in [5, 5.41) is 11.2. The van der Waals surface area contributed by atoms with E-state index in [0.29, 0.717) is 12.1 Å². The number of hydrogen-bond donors (Lipinski definition) is 1. The van der Waals surface area contributed by atoms with E-state index in [0.717, 1.165) is 36.7 Å². The quantitative estimate of drug-likeness (QED) is 0.574. The van der Waals surface area contributed by atoms with Gasteiger partial charge in [0.2, 0.25) is 0 Å². The van der Waals surface area contributed by atoms with Crippen molar-refractivity contribution in [3.63, 3.8) is 0 Å². The number of rotatable bonds is 4. The topological polar surface area (TPSA) is 78.7 Å². The molecule has 0 aliphatic heterocycles. The Morgan fingerprint density at radius 1 is 0.938 bits per heavy atom. The van der Waals surface area contributed by atoms with Gasteiger partial charge in [0.25, 0.3) is 5.91 Å². The van der Waals surface area contributed by atoms with Crippen molar-refractivity contribution in [2.45, 2.75) is 18.4 Å². The molecule has 2 aromatic heterocycles. The lowest BCUT2D eigenvalue weighted by Crippen LogP contribution is -2.31. The highest BCUT2D eigenvalue weighted by Crippen LogP contribution is 2.36. The van der Waals surface area contributed by atoms with Crippen LogP contribution >= 0.6 is 0 Å². The fourth-order valence-corrected chi connectivity index (χ4v) is 2.87. The van der Waals surface area contributed by atoms with Crippen LogP contribution in [0.1, 0.15) is 44.5 Å². The van der Waals surface area contributed by atoms with E-state index in [2.05, 4.69) is 15.3 Å². The Kier molecular flexibility index (Phi) is 6.16. The molecule has 2 heterocycles. The van der Waals surface area contributed by atoms with Gasteiger partial charge >= 0.3 is 12.4 Å². The number of benzene rings is 1. The number of nitrogens with one attached hydrogen (secondary N) is 1. The van der Waals surface area contributed by atoms with Crippen molar-refractivity contribution in [2.75, 3.05) is 0 Å². The lowest BCUT2D eigenvalue weighted by molar-refractivity contribution is -0.139. The van der Waals surface area contributed by atoms with Gasteiger partial charge in [-0.05, 0) is 42.0 Å². The second-order valence-electron chi connectivity index (χ2n) is 6.50. The molecular formula is C21H12F6N4O. The summed E-state index contributed by atoms with van der Waals surface area (Å²) >= 11 is 0. The van der Waals surface area contributed by atoms with Gasteiger partial charge in [-0.25, -0.2) is 4.98 Å². The zero-order valence-corrected chi connectivity index (χ0v) is 15.9. The Morgan fingerprint density at radius 2 is 1.62 bits per heavy atom. The Balaban J connectivity index is 2.06. The molecule has 0 unspecified atom stereocenters. The van der Waals surface area contributed by atoms with Crippen molar-refractivity contribution in [3.05, 3.63) is 94.6 Å². The molecule has 0 saturated heterocycles. The smallest absolute Gasteiger partial charge is 0.339 e. The summed E-state index contributed by atoms with van der Waals surface area (Å²) in [6.07, 6.45) is -7.33. The maximum atomic E-state index is 13.5. The monoisotopic (exact) mass is 450 g/mol. The van der Waals surface area contributed by atoms with Crippen LogP contribution in [0.2, 0.25) is 0 Å². The van der Waals surface area contributed by atoms with Gasteiger partial charge in [-0.3, -0.25) is 9.78 Å². The predicted molar refractivity (Wildman–Crippen MR) is 98.9 cm³/mol. The van der Waals surface area contributed by atoms with Gasteiger partial charge in [0.15, 0.2) is 0 Å². The molecule has 0 radical (unpaired) electrons. The molecule has 5 nitrogen and oxygen atoms in total. The highest BCUT2D eigenvalue weighted by atomic mass is 19.4. The molecule has 32 heavy (non-hydrogen) atoms. The largest absolute Gasteiger partial charge is 0.418 e. The minimum Gasteiger partial charge on any atom is -0.339 e. The van der Waals surface area contributed by atoms with Gasteiger partial charge in [0.1, 0.15) is 11.8 Å². The number of aromatic nitrogens is 2. The number of alkyl halides is 6. The average molecular weight is 450 g/mol. The summed E-state index contributed by atoms with van der Waals surface area (Å²) in [4.78, 5) is 20.1. The number of carbonyl (C=O) groups is 1. The fraction of sp³-hybridized carbons (Fsp3) is 0.143. The zero-order chi connectivity index (χ0) is 23.5. The Morgan fingerprint density at radius 3 is 2.16 bits per heavy atom. The SMILES string of the molecule is N#Cc1ccc(C(=O)N[C@@H](c2ccc(C(F)(F)F)cc2)c2ncccc2C(F)(F)F)cn1. The lowest BCUT2D eigenvalue weighted by atomic mass is 9.97. The number of halogens is 6. The molecule has 164 valence electrons. The van der Waals surface area contributed by atoms with Crippen molar-refractivity contribution in [3.8, 4) is 6.07 Å². The molecule has 1 N–H and O–H groups in total. The third kappa shape index (κ3) is 5.03. The summed E-state index contributed by atoms with van der Waals surface area (Å²) in [5.41, 5.74) is -2.83. The van der Waals surface area contributed by atoms with Crippen molar-refractivity contribution < 1.29 is 31.1 Å². The highest BCUT2D eigenvalue weighted by molar-refractivity contribution is 5.94. The Hall–Kier alpha value is -3.94. The van der Waals surface area contributed by atoms with Crippen LogP contribution in [0.5, 0.6) is 0 Å². The number of pyridine rings is 2. The number of carbonyl (C=O) groups excluding carboxylic acids is 1. The van der Waals surface area contributed by atoms with Crippen molar-refractivity contribution in [1.29, 1.82) is 5.26 Å². The standard InChI is InChI=1S/C21H12F6N4O/c22-20(23,24)14-6-3-12(4-7-14)17(18-16(21(25,26)27)2-1-9-29-18)31-19(32)13-5-8-15(10-28)30-11-13/h1-9,11,17H,(H,31,32)/t17-/m0/s1. The molecule has 0 saturated carbocycles. The van der Waals surface area contributed by atoms with Gasteiger partial charge in [0.05, 0.1) is 28.4 Å². The second kappa shape index (κ2) is 8.66. The van der Waals surface area contributed by atoms with E-state index in [9.17, 15) is 31.1 Å². The summed E-state index contributed by atoms with van der Waals surface area (Å²) in [7, 11) is 0. The molecular weight excluding hydrogens is 438 g/mol. The van der Waals surface area contributed by atoms with E-state index in [-0.39, 0.29) is 16.8 Å². The lowest BCUT2D eigenvalue weighted by Gasteiger charge is -2.23. The van der Waals surface area contributed by atoms with Gasteiger partial charge in [-0.1, -0.05) is 12.1 Å². The van der Waals surface area contributed by atoms with E-state index in [4.69, 9.17) is 5.26 Å². The number of nitriles is 1. The summed E-state index contributed by atoms with van der Waals surface area (Å²) < 4.78 is 79.3. The summed E-state index contributed by atoms with van der Waals surface area (Å²) in [6.45, 7) is 0. The van der Waals surface area contributed by atoms with Gasteiger partial charge in [-0.2, -0.15) is 31.6 Å². The molecule has 0 bridgehead atoms. The third-order valence-corrected chi connectivity index (χ3v) is 4.40. The van der Waals surface area contributed by atoms with Crippen LogP contribution < -0.4 is 5.32 Å². The van der Waals surface area contributed by atoms with E-state index >= 15 is 0 Å². The van der Waals surface area contributed by atoms with Crippen LogP contribution in [0, 0.1) is 11.3 Å². The molecule has 1 aromatic carbocycles. The first-order valence-corrected chi connectivity index (χ1v) is 8.87. The predicted octanol–water partition coefficient (Wildman–Crippen LogP) is 4.91. The molecule has 0 fully saturated rings. The van der Waals surface area contributed by atoms with E-state index in [1.807, 2.05) is 0 Å². The summed E-state index contributed by atoms with van der Waals surface area (Å²) in [6, 6.07) is 7.89. The number of amides is 1. The van der Waals surface area contributed by atoms with E-state index in [1.54, 1.807) is 6.07 Å². The zero-order valence-electron chi connectivity index (χ0n) is 15.9. The van der Waals surface area contributed by atoms with Crippen LogP contribution in [0.4, 0.5) is 26.3 Å². The molecule has 1 atom stereocenters. The van der Waals surface area contributed by atoms with Crippen molar-refractivity contribution >= 4 is 5.91 Å². The first-order chi connectivity index (χ1) is 15.0. The molecule has 3 aromatic rings. The van der Waals surface area contributed by atoms with Gasteiger partial charge < -0.3 is 5.32 Å². The molecule has 3 rings (SSSR count).